The van der Waals surface area contributed by atoms with Crippen molar-refractivity contribution in [1.29, 1.82) is 0 Å². The second kappa shape index (κ2) is 4.51. The van der Waals surface area contributed by atoms with Gasteiger partial charge < -0.3 is 9.47 Å². The standard InChI is InChI=1S/C12H11ClO2/c1-14-8-15-10-6-5-9-3-2-4-12(13)11(9)7-10/h2-7H,8H2,1H3. The van der Waals surface area contributed by atoms with Gasteiger partial charge in [0.25, 0.3) is 0 Å². The zero-order valence-electron chi connectivity index (χ0n) is 8.37. The van der Waals surface area contributed by atoms with E-state index in [2.05, 4.69) is 0 Å². The van der Waals surface area contributed by atoms with Crippen molar-refractivity contribution in [3.8, 4) is 5.75 Å². The molecule has 0 aliphatic carbocycles. The topological polar surface area (TPSA) is 18.5 Å². The molecule has 0 radical (unpaired) electrons. The highest BCUT2D eigenvalue weighted by Gasteiger charge is 2.00. The van der Waals surface area contributed by atoms with Crippen LogP contribution in [-0.4, -0.2) is 13.9 Å². The van der Waals surface area contributed by atoms with Crippen LogP contribution in [0.4, 0.5) is 0 Å². The van der Waals surface area contributed by atoms with E-state index < -0.39 is 0 Å². The fourth-order valence-corrected chi connectivity index (χ4v) is 1.67. The summed E-state index contributed by atoms with van der Waals surface area (Å²) in [7, 11) is 1.59. The molecule has 2 rings (SSSR count). The lowest BCUT2D eigenvalue weighted by atomic mass is 10.1. The van der Waals surface area contributed by atoms with Crippen LogP contribution >= 0.6 is 11.6 Å². The van der Waals surface area contributed by atoms with Crippen molar-refractivity contribution in [3.05, 3.63) is 41.4 Å². The van der Waals surface area contributed by atoms with E-state index >= 15 is 0 Å². The summed E-state index contributed by atoms with van der Waals surface area (Å²) < 4.78 is 10.2. The Bertz CT molecular complexity index is 468. The molecule has 0 aliphatic heterocycles. The Morgan fingerprint density at radius 1 is 1.20 bits per heavy atom. The third-order valence-electron chi connectivity index (χ3n) is 2.14. The predicted molar refractivity (Wildman–Crippen MR) is 61.5 cm³/mol. The molecule has 0 saturated carbocycles. The predicted octanol–water partition coefficient (Wildman–Crippen LogP) is 3.48. The molecule has 0 fully saturated rings. The van der Waals surface area contributed by atoms with E-state index in [0.29, 0.717) is 0 Å². The van der Waals surface area contributed by atoms with Gasteiger partial charge in [0, 0.05) is 17.5 Å². The lowest BCUT2D eigenvalue weighted by molar-refractivity contribution is 0.0512. The lowest BCUT2D eigenvalue weighted by Gasteiger charge is -2.06. The summed E-state index contributed by atoms with van der Waals surface area (Å²) in [5, 5.41) is 2.83. The molecule has 0 amide bonds. The van der Waals surface area contributed by atoms with Crippen molar-refractivity contribution >= 4 is 22.4 Å². The van der Waals surface area contributed by atoms with Crippen LogP contribution in [0.2, 0.25) is 5.02 Å². The summed E-state index contributed by atoms with van der Waals surface area (Å²) >= 11 is 6.08. The van der Waals surface area contributed by atoms with Crippen LogP contribution in [-0.2, 0) is 4.74 Å². The first-order chi connectivity index (χ1) is 7.31. The molecule has 2 nitrogen and oxygen atoms in total. The van der Waals surface area contributed by atoms with Crippen LogP contribution in [0.5, 0.6) is 5.75 Å². The molecule has 0 unspecified atom stereocenters. The van der Waals surface area contributed by atoms with Crippen LogP contribution in [0.3, 0.4) is 0 Å². The molecule has 0 aromatic heterocycles. The van der Waals surface area contributed by atoms with Gasteiger partial charge in [-0.05, 0) is 23.6 Å². The van der Waals surface area contributed by atoms with Gasteiger partial charge in [-0.2, -0.15) is 0 Å². The van der Waals surface area contributed by atoms with E-state index in [-0.39, 0.29) is 6.79 Å². The van der Waals surface area contributed by atoms with Crippen LogP contribution in [0, 0.1) is 0 Å². The second-order valence-corrected chi connectivity index (χ2v) is 3.58. The van der Waals surface area contributed by atoms with Gasteiger partial charge in [-0.3, -0.25) is 0 Å². The molecule has 0 bridgehead atoms. The molecule has 0 N–H and O–H groups in total. The molecule has 78 valence electrons. The molecule has 2 aromatic carbocycles. The Labute approximate surface area is 93.4 Å². The smallest absolute Gasteiger partial charge is 0.188 e. The molecule has 2 aromatic rings. The van der Waals surface area contributed by atoms with E-state index in [1.807, 2.05) is 36.4 Å². The monoisotopic (exact) mass is 222 g/mol. The van der Waals surface area contributed by atoms with Crippen LogP contribution < -0.4 is 4.74 Å². The van der Waals surface area contributed by atoms with Crippen LogP contribution in [0.1, 0.15) is 0 Å². The van der Waals surface area contributed by atoms with Gasteiger partial charge in [0.15, 0.2) is 6.79 Å². The van der Waals surface area contributed by atoms with Gasteiger partial charge in [-0.15, -0.1) is 0 Å². The molecule has 15 heavy (non-hydrogen) atoms. The first-order valence-corrected chi connectivity index (χ1v) is 4.99. The average Bonchev–Trinajstić information content (AvgIpc) is 2.27. The summed E-state index contributed by atoms with van der Waals surface area (Å²) in [5.74, 6) is 0.762. The summed E-state index contributed by atoms with van der Waals surface area (Å²) in [6.45, 7) is 0.246. The Hall–Kier alpha value is -1.25. The van der Waals surface area contributed by atoms with Gasteiger partial charge >= 0.3 is 0 Å². The number of ether oxygens (including phenoxy) is 2. The fourth-order valence-electron chi connectivity index (χ4n) is 1.43. The van der Waals surface area contributed by atoms with Gasteiger partial charge in [-0.25, -0.2) is 0 Å². The summed E-state index contributed by atoms with van der Waals surface area (Å²) in [6, 6.07) is 11.6. The van der Waals surface area contributed by atoms with Gasteiger partial charge in [-0.1, -0.05) is 29.8 Å². The third kappa shape index (κ3) is 2.22. The van der Waals surface area contributed by atoms with E-state index in [4.69, 9.17) is 21.1 Å². The molecule has 0 atom stereocenters. The van der Waals surface area contributed by atoms with Gasteiger partial charge in [0.1, 0.15) is 5.75 Å². The minimum absolute atomic E-state index is 0.246. The molecular formula is C12H11ClO2. The lowest BCUT2D eigenvalue weighted by Crippen LogP contribution is -1.98. The van der Waals surface area contributed by atoms with Gasteiger partial charge in [0.2, 0.25) is 0 Å². The Balaban J connectivity index is 2.41. The zero-order chi connectivity index (χ0) is 10.7. The molecule has 0 spiro atoms. The molecule has 3 heteroatoms. The normalized spacial score (nSPS) is 10.5. The van der Waals surface area contributed by atoms with Crippen LogP contribution in [0.15, 0.2) is 36.4 Å². The first-order valence-electron chi connectivity index (χ1n) is 4.61. The number of fused-ring (bicyclic) bond motifs is 1. The first kappa shape index (κ1) is 10.3. The van der Waals surface area contributed by atoms with Crippen molar-refractivity contribution in [2.75, 3.05) is 13.9 Å². The Kier molecular flexibility index (Phi) is 3.09. The quantitative estimate of drug-likeness (QED) is 0.741. The number of rotatable bonds is 3. The number of methoxy groups -OCH3 is 1. The second-order valence-electron chi connectivity index (χ2n) is 3.17. The van der Waals surface area contributed by atoms with Crippen molar-refractivity contribution < 1.29 is 9.47 Å². The average molecular weight is 223 g/mol. The SMILES string of the molecule is COCOc1ccc2cccc(Cl)c2c1. The minimum atomic E-state index is 0.246. The van der Waals surface area contributed by atoms with E-state index in [0.717, 1.165) is 21.5 Å². The minimum Gasteiger partial charge on any atom is -0.468 e. The van der Waals surface area contributed by atoms with E-state index in [9.17, 15) is 0 Å². The van der Waals surface area contributed by atoms with Crippen molar-refractivity contribution in [1.82, 2.24) is 0 Å². The highest BCUT2D eigenvalue weighted by atomic mass is 35.5. The van der Waals surface area contributed by atoms with Crippen LogP contribution in [0.25, 0.3) is 10.8 Å². The summed E-state index contributed by atoms with van der Waals surface area (Å²) in [6.07, 6.45) is 0. The zero-order valence-corrected chi connectivity index (χ0v) is 9.12. The maximum absolute atomic E-state index is 6.08. The maximum Gasteiger partial charge on any atom is 0.188 e. The number of hydrogen-bond donors (Lipinski definition) is 0. The summed E-state index contributed by atoms with van der Waals surface area (Å²) in [4.78, 5) is 0. The molecule has 0 aliphatic rings. The van der Waals surface area contributed by atoms with Crippen molar-refractivity contribution in [3.63, 3.8) is 0 Å². The van der Waals surface area contributed by atoms with E-state index in [1.165, 1.54) is 0 Å². The highest BCUT2D eigenvalue weighted by Crippen LogP contribution is 2.27. The molecular weight excluding hydrogens is 212 g/mol. The maximum atomic E-state index is 6.08. The summed E-state index contributed by atoms with van der Waals surface area (Å²) in [5.41, 5.74) is 0. The largest absolute Gasteiger partial charge is 0.468 e. The third-order valence-corrected chi connectivity index (χ3v) is 2.47. The number of halogens is 1. The molecule has 0 heterocycles. The number of hydrogen-bond acceptors (Lipinski definition) is 2. The Morgan fingerprint density at radius 2 is 2.07 bits per heavy atom. The van der Waals surface area contributed by atoms with Gasteiger partial charge in [0.05, 0.1) is 0 Å². The Morgan fingerprint density at radius 3 is 2.87 bits per heavy atom. The number of benzene rings is 2. The fraction of sp³-hybridized carbons (Fsp3) is 0.167. The van der Waals surface area contributed by atoms with Crippen molar-refractivity contribution in [2.24, 2.45) is 0 Å². The van der Waals surface area contributed by atoms with Crippen molar-refractivity contribution in [2.45, 2.75) is 0 Å². The highest BCUT2D eigenvalue weighted by molar-refractivity contribution is 6.35. The molecule has 0 saturated heterocycles. The van der Waals surface area contributed by atoms with E-state index in [1.54, 1.807) is 7.11 Å².